The number of phenols is 1. The van der Waals surface area contributed by atoms with E-state index in [9.17, 15) is 8.42 Å². The number of nitrogens with zero attached hydrogens (tertiary/aromatic N) is 2. The highest BCUT2D eigenvalue weighted by molar-refractivity contribution is 7.89. The van der Waals surface area contributed by atoms with Crippen LogP contribution in [-0.4, -0.2) is 23.7 Å². The van der Waals surface area contributed by atoms with Gasteiger partial charge in [0.25, 0.3) is 0 Å². The first kappa shape index (κ1) is 12.5. The standard InChI is InChI=1S/C10H11N3O4S/c1-7-12-10(13-17-7)6-11-18(15,16)9-4-2-8(14)3-5-9/h2-5,11,14H,6H2,1H3. The van der Waals surface area contributed by atoms with Gasteiger partial charge < -0.3 is 9.63 Å². The molecule has 1 aromatic carbocycles. The van der Waals surface area contributed by atoms with Gasteiger partial charge in [0.05, 0.1) is 11.4 Å². The Morgan fingerprint density at radius 2 is 2.00 bits per heavy atom. The maximum atomic E-state index is 11.8. The molecule has 8 heteroatoms. The minimum Gasteiger partial charge on any atom is -0.508 e. The smallest absolute Gasteiger partial charge is 0.240 e. The van der Waals surface area contributed by atoms with Crippen LogP contribution in [0, 0.1) is 6.92 Å². The first-order valence-corrected chi connectivity index (χ1v) is 6.53. The van der Waals surface area contributed by atoms with Crippen LogP contribution < -0.4 is 4.72 Å². The lowest BCUT2D eigenvalue weighted by molar-refractivity contribution is 0.387. The molecule has 1 heterocycles. The number of aryl methyl sites for hydroxylation is 1. The van der Waals surface area contributed by atoms with E-state index in [1.165, 1.54) is 24.3 Å². The van der Waals surface area contributed by atoms with Crippen molar-refractivity contribution in [3.8, 4) is 5.75 Å². The van der Waals surface area contributed by atoms with Gasteiger partial charge in [-0.15, -0.1) is 0 Å². The molecule has 0 aliphatic rings. The SMILES string of the molecule is Cc1nc(CNS(=O)(=O)c2ccc(O)cc2)no1. The Morgan fingerprint density at radius 1 is 1.33 bits per heavy atom. The molecule has 0 unspecified atom stereocenters. The van der Waals surface area contributed by atoms with E-state index in [0.717, 1.165) is 0 Å². The number of sulfonamides is 1. The fraction of sp³-hybridized carbons (Fsp3) is 0.200. The summed E-state index contributed by atoms with van der Waals surface area (Å²) >= 11 is 0. The van der Waals surface area contributed by atoms with Crippen LogP contribution in [-0.2, 0) is 16.6 Å². The van der Waals surface area contributed by atoms with Gasteiger partial charge in [-0.05, 0) is 24.3 Å². The zero-order chi connectivity index (χ0) is 13.2. The summed E-state index contributed by atoms with van der Waals surface area (Å²) in [7, 11) is -3.65. The Bertz CT molecular complexity index is 633. The van der Waals surface area contributed by atoms with E-state index in [-0.39, 0.29) is 23.0 Å². The molecule has 0 aliphatic carbocycles. The quantitative estimate of drug-likeness (QED) is 0.840. The third kappa shape index (κ3) is 2.84. The normalized spacial score (nSPS) is 11.6. The van der Waals surface area contributed by atoms with Crippen molar-refractivity contribution < 1.29 is 18.0 Å². The highest BCUT2D eigenvalue weighted by Crippen LogP contribution is 2.14. The van der Waals surface area contributed by atoms with Crippen LogP contribution in [0.1, 0.15) is 11.7 Å². The number of nitrogens with one attached hydrogen (secondary N) is 1. The fourth-order valence-corrected chi connectivity index (χ4v) is 2.26. The third-order valence-electron chi connectivity index (χ3n) is 2.14. The van der Waals surface area contributed by atoms with Gasteiger partial charge in [-0.25, -0.2) is 13.1 Å². The summed E-state index contributed by atoms with van der Waals surface area (Å²) in [5.74, 6) is 0.631. The number of hydrogen-bond donors (Lipinski definition) is 2. The molecule has 18 heavy (non-hydrogen) atoms. The van der Waals surface area contributed by atoms with Gasteiger partial charge in [-0.1, -0.05) is 5.16 Å². The van der Waals surface area contributed by atoms with Crippen LogP contribution in [0.15, 0.2) is 33.7 Å². The number of benzene rings is 1. The Labute approximate surface area is 104 Å². The first-order chi connectivity index (χ1) is 8.47. The summed E-state index contributed by atoms with van der Waals surface area (Å²) < 4.78 is 30.7. The molecule has 2 N–H and O–H groups in total. The second-order valence-corrected chi connectivity index (χ2v) is 5.32. The second-order valence-electron chi connectivity index (χ2n) is 3.55. The van der Waals surface area contributed by atoms with Gasteiger partial charge in [0.15, 0.2) is 5.82 Å². The molecule has 96 valence electrons. The molecule has 2 rings (SSSR count). The van der Waals surface area contributed by atoms with Gasteiger partial charge in [-0.3, -0.25) is 0 Å². The fourth-order valence-electron chi connectivity index (χ4n) is 1.28. The van der Waals surface area contributed by atoms with E-state index >= 15 is 0 Å². The van der Waals surface area contributed by atoms with E-state index < -0.39 is 10.0 Å². The van der Waals surface area contributed by atoms with Crippen LogP contribution in [0.25, 0.3) is 0 Å². The van der Waals surface area contributed by atoms with Crippen molar-refractivity contribution >= 4 is 10.0 Å². The Morgan fingerprint density at radius 3 is 2.56 bits per heavy atom. The molecule has 0 spiro atoms. The minimum atomic E-state index is -3.65. The molecule has 1 aromatic heterocycles. The number of rotatable bonds is 4. The molecule has 7 nitrogen and oxygen atoms in total. The predicted molar refractivity (Wildman–Crippen MR) is 61.2 cm³/mol. The largest absolute Gasteiger partial charge is 0.508 e. The lowest BCUT2D eigenvalue weighted by Crippen LogP contribution is -2.23. The van der Waals surface area contributed by atoms with Crippen LogP contribution in [0.2, 0.25) is 0 Å². The summed E-state index contributed by atoms with van der Waals surface area (Å²) in [6, 6.07) is 5.21. The Kier molecular flexibility index (Phi) is 3.30. The summed E-state index contributed by atoms with van der Waals surface area (Å²) in [5.41, 5.74) is 0. The lowest BCUT2D eigenvalue weighted by atomic mass is 10.3. The van der Waals surface area contributed by atoms with Crippen molar-refractivity contribution in [2.45, 2.75) is 18.4 Å². The molecule has 0 bridgehead atoms. The predicted octanol–water partition coefficient (Wildman–Crippen LogP) is 0.562. The maximum absolute atomic E-state index is 11.8. The first-order valence-electron chi connectivity index (χ1n) is 5.05. The number of aromatic nitrogens is 2. The van der Waals surface area contributed by atoms with Gasteiger partial charge in [0.2, 0.25) is 15.9 Å². The van der Waals surface area contributed by atoms with Gasteiger partial charge in [0, 0.05) is 6.92 Å². The van der Waals surface area contributed by atoms with E-state index in [4.69, 9.17) is 9.63 Å². The van der Waals surface area contributed by atoms with Gasteiger partial charge in [-0.2, -0.15) is 4.98 Å². The molecule has 0 fully saturated rings. The molecular formula is C10H11N3O4S. The molecular weight excluding hydrogens is 258 g/mol. The van der Waals surface area contributed by atoms with Crippen LogP contribution in [0.5, 0.6) is 5.75 Å². The number of hydrogen-bond acceptors (Lipinski definition) is 6. The van der Waals surface area contributed by atoms with Gasteiger partial charge >= 0.3 is 0 Å². The van der Waals surface area contributed by atoms with Crippen molar-refractivity contribution in [2.24, 2.45) is 0 Å². The molecule has 0 radical (unpaired) electrons. The Balaban J connectivity index is 2.10. The van der Waals surface area contributed by atoms with Crippen molar-refractivity contribution in [1.29, 1.82) is 0 Å². The van der Waals surface area contributed by atoms with E-state index in [1.54, 1.807) is 6.92 Å². The average molecular weight is 269 g/mol. The number of phenolic OH excluding ortho intramolecular Hbond substituents is 1. The summed E-state index contributed by atoms with van der Waals surface area (Å²) in [6.07, 6.45) is 0. The third-order valence-corrected chi connectivity index (χ3v) is 3.55. The maximum Gasteiger partial charge on any atom is 0.240 e. The van der Waals surface area contributed by atoms with Crippen LogP contribution >= 0.6 is 0 Å². The molecule has 0 aliphatic heterocycles. The monoisotopic (exact) mass is 269 g/mol. The summed E-state index contributed by atoms with van der Waals surface area (Å²) in [4.78, 5) is 3.93. The average Bonchev–Trinajstić information content (AvgIpc) is 2.73. The number of aromatic hydroxyl groups is 1. The van der Waals surface area contributed by atoms with Crippen molar-refractivity contribution in [2.75, 3.05) is 0 Å². The minimum absolute atomic E-state index is 0.00254. The lowest BCUT2D eigenvalue weighted by Gasteiger charge is -2.04. The summed E-state index contributed by atoms with van der Waals surface area (Å²) in [5, 5.41) is 12.7. The molecule has 0 saturated carbocycles. The van der Waals surface area contributed by atoms with E-state index in [2.05, 4.69) is 14.9 Å². The molecule has 0 saturated heterocycles. The van der Waals surface area contributed by atoms with E-state index in [1.807, 2.05) is 0 Å². The Hall–Kier alpha value is -1.93. The van der Waals surface area contributed by atoms with Crippen molar-refractivity contribution in [3.63, 3.8) is 0 Å². The second kappa shape index (κ2) is 4.75. The molecule has 2 aromatic rings. The van der Waals surface area contributed by atoms with Crippen LogP contribution in [0.3, 0.4) is 0 Å². The van der Waals surface area contributed by atoms with Gasteiger partial charge in [0.1, 0.15) is 5.75 Å². The zero-order valence-corrected chi connectivity index (χ0v) is 10.3. The highest BCUT2D eigenvalue weighted by Gasteiger charge is 2.14. The molecule has 0 atom stereocenters. The van der Waals surface area contributed by atoms with Crippen LogP contribution in [0.4, 0.5) is 0 Å². The van der Waals surface area contributed by atoms with Crippen molar-refractivity contribution in [1.82, 2.24) is 14.9 Å². The topological polar surface area (TPSA) is 105 Å². The summed E-state index contributed by atoms with van der Waals surface area (Å²) in [6.45, 7) is 1.56. The molecule has 0 amide bonds. The highest BCUT2D eigenvalue weighted by atomic mass is 32.2. The van der Waals surface area contributed by atoms with Crippen molar-refractivity contribution in [3.05, 3.63) is 36.0 Å². The zero-order valence-electron chi connectivity index (χ0n) is 9.49. The van der Waals surface area contributed by atoms with E-state index in [0.29, 0.717) is 5.89 Å².